The van der Waals surface area contributed by atoms with E-state index >= 15 is 0 Å². The van der Waals surface area contributed by atoms with Crippen molar-refractivity contribution in [3.63, 3.8) is 0 Å². The van der Waals surface area contributed by atoms with Gasteiger partial charge in [0.05, 0.1) is 0 Å². The van der Waals surface area contributed by atoms with Gasteiger partial charge in [-0.05, 0) is 25.0 Å². The van der Waals surface area contributed by atoms with Crippen LogP contribution in [0.3, 0.4) is 0 Å². The van der Waals surface area contributed by atoms with Crippen molar-refractivity contribution in [1.29, 1.82) is 0 Å². The van der Waals surface area contributed by atoms with Crippen LogP contribution in [-0.4, -0.2) is 12.1 Å². The quantitative estimate of drug-likeness (QED) is 0.813. The van der Waals surface area contributed by atoms with Crippen molar-refractivity contribution in [2.24, 2.45) is 0 Å². The van der Waals surface area contributed by atoms with Crippen LogP contribution >= 0.6 is 11.3 Å². The second-order valence-corrected chi connectivity index (χ2v) is 6.67. The zero-order valence-corrected chi connectivity index (χ0v) is 12.8. The number of nitrogens with one attached hydrogen (secondary N) is 2. The van der Waals surface area contributed by atoms with Crippen LogP contribution in [0.15, 0.2) is 0 Å². The molecule has 3 heteroatoms. The second-order valence-electron chi connectivity index (χ2n) is 5.24. The summed E-state index contributed by atoms with van der Waals surface area (Å²) in [6.07, 6.45) is 0. The Morgan fingerprint density at radius 2 is 1.18 bits per heavy atom. The van der Waals surface area contributed by atoms with E-state index in [2.05, 4.69) is 52.2 Å². The SMILES string of the molecule is Cc1sc(C)c(CNC(C)C)c1CNC(C)C. The summed E-state index contributed by atoms with van der Waals surface area (Å²) in [4.78, 5) is 2.91. The van der Waals surface area contributed by atoms with Crippen molar-refractivity contribution >= 4 is 11.3 Å². The van der Waals surface area contributed by atoms with E-state index < -0.39 is 0 Å². The lowest BCUT2D eigenvalue weighted by Crippen LogP contribution is -2.25. The Bertz CT molecular complexity index is 321. The van der Waals surface area contributed by atoms with Gasteiger partial charge in [0.25, 0.3) is 0 Å². The van der Waals surface area contributed by atoms with Crippen molar-refractivity contribution in [2.45, 2.75) is 66.7 Å². The van der Waals surface area contributed by atoms with Gasteiger partial charge in [0.1, 0.15) is 0 Å². The van der Waals surface area contributed by atoms with Crippen LogP contribution in [0.25, 0.3) is 0 Å². The summed E-state index contributed by atoms with van der Waals surface area (Å²) in [5.41, 5.74) is 2.99. The van der Waals surface area contributed by atoms with Crippen molar-refractivity contribution in [1.82, 2.24) is 10.6 Å². The Labute approximate surface area is 110 Å². The summed E-state index contributed by atoms with van der Waals surface area (Å²) < 4.78 is 0. The molecule has 1 aromatic rings. The molecular formula is C14H26N2S. The molecule has 0 radical (unpaired) electrons. The van der Waals surface area contributed by atoms with Crippen molar-refractivity contribution < 1.29 is 0 Å². The van der Waals surface area contributed by atoms with E-state index in [1.807, 2.05) is 11.3 Å². The van der Waals surface area contributed by atoms with E-state index in [-0.39, 0.29) is 0 Å². The fourth-order valence-electron chi connectivity index (χ4n) is 1.85. The lowest BCUT2D eigenvalue weighted by atomic mass is 10.1. The zero-order chi connectivity index (χ0) is 13.0. The minimum absolute atomic E-state index is 0.542. The molecule has 1 rings (SSSR count). The number of thiophene rings is 1. The lowest BCUT2D eigenvalue weighted by molar-refractivity contribution is 0.567. The molecule has 0 atom stereocenters. The van der Waals surface area contributed by atoms with Crippen molar-refractivity contribution in [2.75, 3.05) is 0 Å². The van der Waals surface area contributed by atoms with Crippen LogP contribution in [0.2, 0.25) is 0 Å². The first-order valence-corrected chi connectivity index (χ1v) is 7.28. The van der Waals surface area contributed by atoms with E-state index in [1.165, 1.54) is 20.9 Å². The Kier molecular flexibility index (Phi) is 5.63. The maximum atomic E-state index is 3.52. The van der Waals surface area contributed by atoms with Crippen LogP contribution in [0.5, 0.6) is 0 Å². The zero-order valence-electron chi connectivity index (χ0n) is 12.0. The highest BCUT2D eigenvalue weighted by Crippen LogP contribution is 2.27. The van der Waals surface area contributed by atoms with Crippen molar-refractivity contribution in [3.8, 4) is 0 Å². The Hall–Kier alpha value is -0.380. The molecule has 0 unspecified atom stereocenters. The van der Waals surface area contributed by atoms with Gasteiger partial charge < -0.3 is 10.6 Å². The van der Waals surface area contributed by atoms with Gasteiger partial charge in [-0.15, -0.1) is 11.3 Å². The van der Waals surface area contributed by atoms with Gasteiger partial charge in [-0.25, -0.2) is 0 Å². The monoisotopic (exact) mass is 254 g/mol. The van der Waals surface area contributed by atoms with Gasteiger partial charge in [-0.2, -0.15) is 0 Å². The van der Waals surface area contributed by atoms with Crippen LogP contribution < -0.4 is 10.6 Å². The highest BCUT2D eigenvalue weighted by Gasteiger charge is 2.13. The third-order valence-electron chi connectivity index (χ3n) is 2.89. The molecule has 2 nitrogen and oxygen atoms in total. The lowest BCUT2D eigenvalue weighted by Gasteiger charge is -2.13. The molecule has 0 aromatic carbocycles. The summed E-state index contributed by atoms with van der Waals surface area (Å²) >= 11 is 1.92. The van der Waals surface area contributed by atoms with Gasteiger partial charge in [0.15, 0.2) is 0 Å². The minimum atomic E-state index is 0.542. The molecule has 0 aliphatic rings. The molecule has 98 valence electrons. The first-order chi connectivity index (χ1) is 7.91. The predicted octanol–water partition coefficient (Wildman–Crippen LogP) is 3.36. The highest BCUT2D eigenvalue weighted by molar-refractivity contribution is 7.12. The van der Waals surface area contributed by atoms with Crippen molar-refractivity contribution in [3.05, 3.63) is 20.9 Å². The Morgan fingerprint density at radius 1 is 0.824 bits per heavy atom. The highest BCUT2D eigenvalue weighted by atomic mass is 32.1. The van der Waals surface area contributed by atoms with Crippen LogP contribution in [-0.2, 0) is 13.1 Å². The maximum absolute atomic E-state index is 3.52. The van der Waals surface area contributed by atoms with E-state index in [9.17, 15) is 0 Å². The van der Waals surface area contributed by atoms with Crippen LogP contribution in [0.4, 0.5) is 0 Å². The van der Waals surface area contributed by atoms with Crippen LogP contribution in [0, 0.1) is 13.8 Å². The summed E-state index contributed by atoms with van der Waals surface area (Å²) in [5.74, 6) is 0. The summed E-state index contributed by atoms with van der Waals surface area (Å²) in [7, 11) is 0. The summed E-state index contributed by atoms with van der Waals surface area (Å²) in [5, 5.41) is 7.05. The van der Waals surface area contributed by atoms with Gasteiger partial charge in [0.2, 0.25) is 0 Å². The molecule has 0 spiro atoms. The molecule has 0 aliphatic carbocycles. The van der Waals surface area contributed by atoms with Gasteiger partial charge >= 0.3 is 0 Å². The predicted molar refractivity (Wildman–Crippen MR) is 77.7 cm³/mol. The average molecular weight is 254 g/mol. The molecule has 0 saturated carbocycles. The normalized spacial score (nSPS) is 11.8. The van der Waals surface area contributed by atoms with Crippen LogP contribution in [0.1, 0.15) is 48.6 Å². The minimum Gasteiger partial charge on any atom is -0.310 e. The molecule has 0 bridgehead atoms. The fraction of sp³-hybridized carbons (Fsp3) is 0.714. The Balaban J connectivity index is 2.78. The van der Waals surface area contributed by atoms with E-state index in [1.54, 1.807) is 0 Å². The standard InChI is InChI=1S/C14H26N2S/c1-9(2)15-7-13-11(5)17-12(6)14(13)8-16-10(3)4/h9-10,15-16H,7-8H2,1-6H3. The Morgan fingerprint density at radius 3 is 1.47 bits per heavy atom. The number of aryl methyl sites for hydroxylation is 2. The summed E-state index contributed by atoms with van der Waals surface area (Å²) in [6, 6.07) is 1.08. The molecule has 0 saturated heterocycles. The fourth-order valence-corrected chi connectivity index (χ4v) is 2.95. The first-order valence-electron chi connectivity index (χ1n) is 6.46. The molecule has 0 aliphatic heterocycles. The molecule has 2 N–H and O–H groups in total. The smallest absolute Gasteiger partial charge is 0.0222 e. The second kappa shape index (κ2) is 6.53. The van der Waals surface area contributed by atoms with E-state index in [4.69, 9.17) is 0 Å². The molecule has 1 heterocycles. The molecular weight excluding hydrogens is 228 g/mol. The molecule has 0 fully saturated rings. The van der Waals surface area contributed by atoms with Gasteiger partial charge in [0, 0.05) is 34.9 Å². The number of hydrogen-bond donors (Lipinski definition) is 2. The molecule has 0 amide bonds. The first kappa shape index (κ1) is 14.7. The van der Waals surface area contributed by atoms with Gasteiger partial charge in [-0.1, -0.05) is 27.7 Å². The third-order valence-corrected chi connectivity index (χ3v) is 4.00. The van der Waals surface area contributed by atoms with E-state index in [0.717, 1.165) is 13.1 Å². The topological polar surface area (TPSA) is 24.1 Å². The molecule has 1 aromatic heterocycles. The summed E-state index contributed by atoms with van der Waals surface area (Å²) in [6.45, 7) is 15.2. The molecule has 17 heavy (non-hydrogen) atoms. The van der Waals surface area contributed by atoms with Gasteiger partial charge in [-0.3, -0.25) is 0 Å². The maximum Gasteiger partial charge on any atom is 0.0222 e. The average Bonchev–Trinajstić information content (AvgIpc) is 2.47. The van der Waals surface area contributed by atoms with E-state index in [0.29, 0.717) is 12.1 Å². The number of hydrogen-bond acceptors (Lipinski definition) is 3. The number of rotatable bonds is 6. The third kappa shape index (κ3) is 4.41. The largest absolute Gasteiger partial charge is 0.310 e.